The first-order valence-corrected chi connectivity index (χ1v) is 9.50. The van der Waals surface area contributed by atoms with Crippen LogP contribution >= 0.6 is 0 Å². The predicted molar refractivity (Wildman–Crippen MR) is 89.0 cm³/mol. The van der Waals surface area contributed by atoms with Gasteiger partial charge in [-0.2, -0.15) is 16.8 Å². The lowest BCUT2D eigenvalue weighted by molar-refractivity contribution is 0.475. The van der Waals surface area contributed by atoms with Crippen molar-refractivity contribution < 1.29 is 25.9 Å². The van der Waals surface area contributed by atoms with E-state index in [2.05, 4.69) is 0 Å². The van der Waals surface area contributed by atoms with Gasteiger partial charge in [-0.05, 0) is 23.8 Å². The molecule has 8 nitrogen and oxygen atoms in total. The highest BCUT2D eigenvalue weighted by atomic mass is 32.2. The number of nitrogens with two attached hydrogens (primary N) is 2. The molecule has 10 heteroatoms. The molecule has 0 saturated heterocycles. The summed E-state index contributed by atoms with van der Waals surface area (Å²) in [6, 6.07) is 4.19. The first-order valence-electron chi connectivity index (χ1n) is 6.62. The summed E-state index contributed by atoms with van der Waals surface area (Å²) in [7, 11) is -8.84. The minimum atomic E-state index is -4.50. The van der Waals surface area contributed by atoms with Gasteiger partial charge in [0.05, 0.1) is 21.4 Å². The lowest BCUT2D eigenvalue weighted by Crippen LogP contribution is -2.55. The van der Waals surface area contributed by atoms with Gasteiger partial charge >= 0.3 is 0 Å². The molecule has 0 radical (unpaired) electrons. The Morgan fingerprint density at radius 1 is 1.12 bits per heavy atom. The lowest BCUT2D eigenvalue weighted by atomic mass is 9.87. The van der Waals surface area contributed by atoms with E-state index in [4.69, 9.17) is 16.0 Å². The smallest absolute Gasteiger partial charge is 0.294 e. The fourth-order valence-electron chi connectivity index (χ4n) is 2.19. The second kappa shape index (κ2) is 6.24. The number of hydrogen-bond donors (Lipinski definition) is 4. The van der Waals surface area contributed by atoms with Crippen molar-refractivity contribution >= 4 is 26.3 Å². The SMILES string of the molecule is NC1C(S(=O)(=O)O)=CC=CC1(N)C=Cc1cccc(S(=O)(=O)O)c1. The van der Waals surface area contributed by atoms with Crippen LogP contribution in [-0.4, -0.2) is 37.5 Å². The van der Waals surface area contributed by atoms with E-state index in [9.17, 15) is 21.4 Å². The maximum atomic E-state index is 11.3. The van der Waals surface area contributed by atoms with Crippen molar-refractivity contribution in [2.75, 3.05) is 0 Å². The Labute approximate surface area is 139 Å². The maximum Gasteiger partial charge on any atom is 0.294 e. The normalized spacial score (nSPS) is 25.0. The van der Waals surface area contributed by atoms with Gasteiger partial charge in [0.25, 0.3) is 20.2 Å². The van der Waals surface area contributed by atoms with Gasteiger partial charge in [-0.25, -0.2) is 0 Å². The van der Waals surface area contributed by atoms with Gasteiger partial charge in [0.2, 0.25) is 0 Å². The van der Waals surface area contributed by atoms with Gasteiger partial charge in [0.15, 0.2) is 0 Å². The Balaban J connectivity index is 2.36. The van der Waals surface area contributed by atoms with Crippen LogP contribution < -0.4 is 11.5 Å². The second-order valence-electron chi connectivity index (χ2n) is 5.26. The van der Waals surface area contributed by atoms with Crippen LogP contribution in [0.15, 0.2) is 58.4 Å². The van der Waals surface area contributed by atoms with Crippen LogP contribution in [0, 0.1) is 0 Å². The van der Waals surface area contributed by atoms with E-state index in [-0.39, 0.29) is 4.90 Å². The quantitative estimate of drug-likeness (QED) is 0.549. The highest BCUT2D eigenvalue weighted by molar-refractivity contribution is 7.89. The molecule has 0 bridgehead atoms. The molecule has 1 aliphatic carbocycles. The zero-order chi connectivity index (χ0) is 18.2. The van der Waals surface area contributed by atoms with Crippen LogP contribution in [0.5, 0.6) is 0 Å². The van der Waals surface area contributed by atoms with Gasteiger partial charge in [0, 0.05) is 0 Å². The van der Waals surface area contributed by atoms with E-state index in [1.54, 1.807) is 6.07 Å². The Hall–Kier alpha value is -1.82. The summed E-state index contributed by atoms with van der Waals surface area (Å²) in [5.41, 5.74) is 10.9. The van der Waals surface area contributed by atoms with Crippen molar-refractivity contribution in [2.45, 2.75) is 16.5 Å². The number of allylic oxidation sites excluding steroid dienone is 2. The van der Waals surface area contributed by atoms with Crippen molar-refractivity contribution in [1.29, 1.82) is 0 Å². The molecule has 2 atom stereocenters. The van der Waals surface area contributed by atoms with E-state index >= 15 is 0 Å². The van der Waals surface area contributed by atoms with E-state index < -0.39 is 36.7 Å². The molecule has 1 aromatic rings. The summed E-state index contributed by atoms with van der Waals surface area (Å²) in [5.74, 6) is 0. The molecule has 0 fully saturated rings. The Morgan fingerprint density at radius 2 is 1.79 bits per heavy atom. The molecule has 1 aromatic carbocycles. The van der Waals surface area contributed by atoms with Crippen molar-refractivity contribution in [3.05, 3.63) is 59.0 Å². The molecular formula is C14H16N2O6S2. The molecule has 6 N–H and O–H groups in total. The summed E-state index contributed by atoms with van der Waals surface area (Å²) in [4.78, 5) is -0.721. The van der Waals surface area contributed by atoms with Crippen LogP contribution in [0.3, 0.4) is 0 Å². The van der Waals surface area contributed by atoms with Crippen LogP contribution in [0.2, 0.25) is 0 Å². The van der Waals surface area contributed by atoms with Crippen LogP contribution in [0.4, 0.5) is 0 Å². The molecular weight excluding hydrogens is 356 g/mol. The van der Waals surface area contributed by atoms with Gasteiger partial charge in [-0.15, -0.1) is 0 Å². The summed E-state index contributed by atoms with van der Waals surface area (Å²) >= 11 is 0. The zero-order valence-corrected chi connectivity index (χ0v) is 13.9. The molecule has 0 aromatic heterocycles. The molecule has 0 aliphatic heterocycles. The minimum absolute atomic E-state index is 0.294. The minimum Gasteiger partial charge on any atom is -0.321 e. The van der Waals surface area contributed by atoms with Crippen LogP contribution in [0.25, 0.3) is 6.08 Å². The summed E-state index contributed by atoms with van der Waals surface area (Å²) in [6.45, 7) is 0. The molecule has 130 valence electrons. The summed E-state index contributed by atoms with van der Waals surface area (Å²) < 4.78 is 63.1. The maximum absolute atomic E-state index is 11.3. The first kappa shape index (κ1) is 18.5. The third-order valence-electron chi connectivity index (χ3n) is 3.51. The number of rotatable bonds is 4. The van der Waals surface area contributed by atoms with Gasteiger partial charge in [0.1, 0.15) is 0 Å². The highest BCUT2D eigenvalue weighted by Gasteiger charge is 2.36. The lowest BCUT2D eigenvalue weighted by Gasteiger charge is -2.32. The third-order valence-corrected chi connectivity index (χ3v) is 5.34. The van der Waals surface area contributed by atoms with Gasteiger partial charge in [-0.3, -0.25) is 9.11 Å². The van der Waals surface area contributed by atoms with Crippen molar-refractivity contribution in [2.24, 2.45) is 11.5 Å². The molecule has 24 heavy (non-hydrogen) atoms. The topological polar surface area (TPSA) is 161 Å². The van der Waals surface area contributed by atoms with E-state index in [1.165, 1.54) is 42.5 Å². The first-order chi connectivity index (χ1) is 10.9. The fourth-order valence-corrected chi connectivity index (χ4v) is 3.50. The summed E-state index contributed by atoms with van der Waals surface area (Å²) in [6.07, 6.45) is 6.78. The predicted octanol–water partition coefficient (Wildman–Crippen LogP) is 0.313. The Morgan fingerprint density at radius 3 is 2.38 bits per heavy atom. The van der Waals surface area contributed by atoms with Crippen LogP contribution in [-0.2, 0) is 20.2 Å². The van der Waals surface area contributed by atoms with Crippen molar-refractivity contribution in [1.82, 2.24) is 0 Å². The average Bonchev–Trinajstić information content (AvgIpc) is 2.46. The van der Waals surface area contributed by atoms with E-state index in [0.717, 1.165) is 6.08 Å². The molecule has 2 rings (SSSR count). The molecule has 0 amide bonds. The Bertz CT molecular complexity index is 947. The highest BCUT2D eigenvalue weighted by Crippen LogP contribution is 2.25. The fraction of sp³-hybridized carbons (Fsp3) is 0.143. The standard InChI is InChI=1S/C14H16N2O6S2/c15-13-12(24(20,21)22)5-2-7-14(13,16)8-6-10-3-1-4-11(9-10)23(17,18)19/h1-9,13H,15-16H2,(H,17,18,19)(H,20,21,22). The van der Waals surface area contributed by atoms with Crippen molar-refractivity contribution in [3.8, 4) is 0 Å². The Kier molecular flexibility index (Phi) is 4.81. The molecule has 0 spiro atoms. The monoisotopic (exact) mass is 372 g/mol. The molecule has 1 aliphatic rings. The average molecular weight is 372 g/mol. The van der Waals surface area contributed by atoms with E-state index in [0.29, 0.717) is 5.56 Å². The number of benzene rings is 1. The summed E-state index contributed by atoms with van der Waals surface area (Å²) in [5, 5.41) is 0. The zero-order valence-electron chi connectivity index (χ0n) is 12.3. The van der Waals surface area contributed by atoms with Gasteiger partial charge in [-0.1, -0.05) is 36.4 Å². The molecule has 0 heterocycles. The van der Waals surface area contributed by atoms with Crippen LogP contribution in [0.1, 0.15) is 5.56 Å². The van der Waals surface area contributed by atoms with Crippen molar-refractivity contribution in [3.63, 3.8) is 0 Å². The second-order valence-corrected chi connectivity index (χ2v) is 8.10. The van der Waals surface area contributed by atoms with E-state index in [1.807, 2.05) is 0 Å². The molecule has 0 saturated carbocycles. The van der Waals surface area contributed by atoms with Gasteiger partial charge < -0.3 is 11.5 Å². The number of hydrogen-bond acceptors (Lipinski definition) is 6. The molecule has 2 unspecified atom stereocenters. The third kappa shape index (κ3) is 3.98. The largest absolute Gasteiger partial charge is 0.321 e.